The molecule has 1 aliphatic heterocycles. The van der Waals surface area contributed by atoms with E-state index in [1.54, 1.807) is 0 Å². The van der Waals surface area contributed by atoms with E-state index in [1.807, 2.05) is 6.07 Å². The standard InChI is InChI=1S/C18H25NO3S/c1-4-15-16-9-12(2)5-6-17(16)22-18(15)13(3)19-10-14-7-8-23(20,21)11-14/h5-6,9,13-14,19H,4,7-8,10-11H2,1-3H3/t13-,14+/m1/s1. The molecule has 2 atom stereocenters. The first-order chi connectivity index (χ1) is 10.9. The molecule has 126 valence electrons. The summed E-state index contributed by atoms with van der Waals surface area (Å²) in [6.07, 6.45) is 1.69. The van der Waals surface area contributed by atoms with Gasteiger partial charge in [-0.25, -0.2) is 8.42 Å². The Bertz CT molecular complexity index is 807. The maximum Gasteiger partial charge on any atom is 0.150 e. The highest BCUT2D eigenvalue weighted by Crippen LogP contribution is 2.31. The molecule has 0 bridgehead atoms. The molecule has 1 aromatic heterocycles. The Morgan fingerprint density at radius 2 is 2.17 bits per heavy atom. The minimum Gasteiger partial charge on any atom is -0.459 e. The molecule has 0 radical (unpaired) electrons. The summed E-state index contributed by atoms with van der Waals surface area (Å²) in [7, 11) is -2.81. The monoisotopic (exact) mass is 335 g/mol. The highest BCUT2D eigenvalue weighted by Gasteiger charge is 2.28. The fourth-order valence-corrected chi connectivity index (χ4v) is 5.33. The molecule has 4 nitrogen and oxygen atoms in total. The molecule has 2 heterocycles. The SMILES string of the molecule is CCc1c([C@@H](C)NC[C@@H]2CCS(=O)(=O)C2)oc2ccc(C)cc12. The van der Waals surface area contributed by atoms with Crippen molar-refractivity contribution in [2.45, 2.75) is 39.7 Å². The second kappa shape index (κ2) is 6.29. The highest BCUT2D eigenvalue weighted by molar-refractivity contribution is 7.91. The lowest BCUT2D eigenvalue weighted by Crippen LogP contribution is -2.26. The first-order valence-electron chi connectivity index (χ1n) is 8.35. The van der Waals surface area contributed by atoms with E-state index in [0.717, 1.165) is 30.7 Å². The van der Waals surface area contributed by atoms with E-state index in [0.29, 0.717) is 11.5 Å². The predicted molar refractivity (Wildman–Crippen MR) is 93.5 cm³/mol. The molecular formula is C18H25NO3S. The fourth-order valence-electron chi connectivity index (χ4n) is 3.46. The van der Waals surface area contributed by atoms with Gasteiger partial charge in [0.25, 0.3) is 0 Å². The number of hydrogen-bond acceptors (Lipinski definition) is 4. The van der Waals surface area contributed by atoms with Gasteiger partial charge in [-0.3, -0.25) is 0 Å². The highest BCUT2D eigenvalue weighted by atomic mass is 32.2. The third-order valence-corrected chi connectivity index (χ3v) is 6.60. The number of hydrogen-bond donors (Lipinski definition) is 1. The molecule has 3 rings (SSSR count). The summed E-state index contributed by atoms with van der Waals surface area (Å²) in [6, 6.07) is 6.36. The largest absolute Gasteiger partial charge is 0.459 e. The fraction of sp³-hybridized carbons (Fsp3) is 0.556. The molecule has 0 spiro atoms. The normalized spacial score (nSPS) is 21.8. The smallest absolute Gasteiger partial charge is 0.150 e. The van der Waals surface area contributed by atoms with Crippen molar-refractivity contribution in [3.8, 4) is 0 Å². The second-order valence-electron chi connectivity index (χ2n) is 6.70. The van der Waals surface area contributed by atoms with Crippen LogP contribution in [0.25, 0.3) is 11.0 Å². The van der Waals surface area contributed by atoms with E-state index in [2.05, 4.69) is 38.2 Å². The molecule has 1 aromatic carbocycles. The molecule has 1 N–H and O–H groups in total. The maximum absolute atomic E-state index is 11.6. The minimum absolute atomic E-state index is 0.0842. The van der Waals surface area contributed by atoms with Gasteiger partial charge in [0, 0.05) is 10.9 Å². The summed E-state index contributed by atoms with van der Waals surface area (Å²) in [4.78, 5) is 0. The van der Waals surface area contributed by atoms with Crippen LogP contribution in [0, 0.1) is 12.8 Å². The van der Waals surface area contributed by atoms with E-state index < -0.39 is 9.84 Å². The number of sulfone groups is 1. The Morgan fingerprint density at radius 3 is 2.83 bits per heavy atom. The van der Waals surface area contributed by atoms with Crippen molar-refractivity contribution in [1.82, 2.24) is 5.32 Å². The van der Waals surface area contributed by atoms with E-state index >= 15 is 0 Å². The van der Waals surface area contributed by atoms with Crippen LogP contribution < -0.4 is 5.32 Å². The maximum atomic E-state index is 11.6. The van der Waals surface area contributed by atoms with Gasteiger partial charge in [0.15, 0.2) is 9.84 Å². The number of fused-ring (bicyclic) bond motifs is 1. The molecule has 23 heavy (non-hydrogen) atoms. The van der Waals surface area contributed by atoms with E-state index in [9.17, 15) is 8.42 Å². The zero-order valence-electron chi connectivity index (χ0n) is 14.1. The van der Waals surface area contributed by atoms with Crippen LogP contribution >= 0.6 is 0 Å². The molecule has 0 unspecified atom stereocenters. The third kappa shape index (κ3) is 3.45. The Balaban J connectivity index is 1.77. The zero-order valence-corrected chi connectivity index (χ0v) is 14.9. The lowest BCUT2D eigenvalue weighted by atomic mass is 10.0. The van der Waals surface area contributed by atoms with Crippen LogP contribution in [0.15, 0.2) is 22.6 Å². The van der Waals surface area contributed by atoms with Crippen molar-refractivity contribution in [2.24, 2.45) is 5.92 Å². The molecule has 0 amide bonds. The van der Waals surface area contributed by atoms with Crippen LogP contribution in [0.4, 0.5) is 0 Å². The predicted octanol–water partition coefficient (Wildman–Crippen LogP) is 3.39. The van der Waals surface area contributed by atoms with Crippen molar-refractivity contribution < 1.29 is 12.8 Å². The summed E-state index contributed by atoms with van der Waals surface area (Å²) < 4.78 is 29.2. The Labute approximate surface area is 138 Å². The van der Waals surface area contributed by atoms with Crippen LogP contribution in [-0.4, -0.2) is 26.5 Å². The van der Waals surface area contributed by atoms with Crippen LogP contribution in [0.3, 0.4) is 0 Å². The van der Waals surface area contributed by atoms with Crippen molar-refractivity contribution in [3.63, 3.8) is 0 Å². The Kier molecular flexibility index (Phi) is 4.52. The van der Waals surface area contributed by atoms with Gasteiger partial charge in [0.1, 0.15) is 11.3 Å². The van der Waals surface area contributed by atoms with E-state index in [1.165, 1.54) is 16.5 Å². The van der Waals surface area contributed by atoms with Gasteiger partial charge in [-0.1, -0.05) is 18.6 Å². The third-order valence-electron chi connectivity index (χ3n) is 4.76. The summed E-state index contributed by atoms with van der Waals surface area (Å²) in [5, 5.41) is 4.66. The topological polar surface area (TPSA) is 59.3 Å². The van der Waals surface area contributed by atoms with Crippen LogP contribution in [0.2, 0.25) is 0 Å². The number of rotatable bonds is 5. The number of aryl methyl sites for hydroxylation is 2. The van der Waals surface area contributed by atoms with Crippen molar-refractivity contribution in [3.05, 3.63) is 35.1 Å². The van der Waals surface area contributed by atoms with Gasteiger partial charge in [-0.15, -0.1) is 0 Å². The molecule has 1 fully saturated rings. The first-order valence-corrected chi connectivity index (χ1v) is 10.2. The van der Waals surface area contributed by atoms with Gasteiger partial charge in [-0.05, 0) is 51.3 Å². The Hall–Kier alpha value is -1.33. The second-order valence-corrected chi connectivity index (χ2v) is 8.93. The van der Waals surface area contributed by atoms with Crippen LogP contribution in [0.5, 0.6) is 0 Å². The quantitative estimate of drug-likeness (QED) is 0.910. The average Bonchev–Trinajstić information content (AvgIpc) is 3.04. The van der Waals surface area contributed by atoms with Crippen LogP contribution in [-0.2, 0) is 16.3 Å². The molecule has 1 saturated heterocycles. The first kappa shape index (κ1) is 16.5. The molecule has 0 aliphatic carbocycles. The lowest BCUT2D eigenvalue weighted by Gasteiger charge is -2.16. The molecule has 1 aliphatic rings. The summed E-state index contributed by atoms with van der Waals surface area (Å²) in [5.41, 5.74) is 3.42. The molecular weight excluding hydrogens is 310 g/mol. The van der Waals surface area contributed by atoms with Crippen molar-refractivity contribution >= 4 is 20.8 Å². The minimum atomic E-state index is -2.81. The number of furan rings is 1. The van der Waals surface area contributed by atoms with E-state index in [-0.39, 0.29) is 12.0 Å². The van der Waals surface area contributed by atoms with Gasteiger partial charge in [0.2, 0.25) is 0 Å². The zero-order chi connectivity index (χ0) is 16.6. The van der Waals surface area contributed by atoms with Crippen LogP contribution in [0.1, 0.15) is 43.2 Å². The van der Waals surface area contributed by atoms with Crippen molar-refractivity contribution in [2.75, 3.05) is 18.1 Å². The number of benzene rings is 1. The van der Waals surface area contributed by atoms with Gasteiger partial charge < -0.3 is 9.73 Å². The van der Waals surface area contributed by atoms with Gasteiger partial charge in [0.05, 0.1) is 17.5 Å². The van der Waals surface area contributed by atoms with Crippen molar-refractivity contribution in [1.29, 1.82) is 0 Å². The summed E-state index contributed by atoms with van der Waals surface area (Å²) >= 11 is 0. The van der Waals surface area contributed by atoms with E-state index in [4.69, 9.17) is 4.42 Å². The number of nitrogens with one attached hydrogen (secondary N) is 1. The Morgan fingerprint density at radius 1 is 1.39 bits per heavy atom. The average molecular weight is 335 g/mol. The lowest BCUT2D eigenvalue weighted by molar-refractivity contribution is 0.415. The van der Waals surface area contributed by atoms with Gasteiger partial charge >= 0.3 is 0 Å². The van der Waals surface area contributed by atoms with Gasteiger partial charge in [-0.2, -0.15) is 0 Å². The molecule has 0 saturated carbocycles. The molecule has 2 aromatic rings. The summed E-state index contributed by atoms with van der Waals surface area (Å²) in [6.45, 7) is 7.05. The molecule has 5 heteroatoms. The summed E-state index contributed by atoms with van der Waals surface area (Å²) in [5.74, 6) is 1.85.